The average molecular weight is 325 g/mol. The lowest BCUT2D eigenvalue weighted by molar-refractivity contribution is -0.144. The van der Waals surface area contributed by atoms with E-state index in [4.69, 9.17) is 5.11 Å². The number of ether oxygens (including phenoxy) is 1. The second-order valence-corrected chi connectivity index (χ2v) is 7.28. The summed E-state index contributed by atoms with van der Waals surface area (Å²) in [6.07, 6.45) is -6.39. The zero-order valence-corrected chi connectivity index (χ0v) is 12.9. The Labute approximate surface area is 127 Å². The van der Waals surface area contributed by atoms with Crippen LogP contribution in [0.5, 0.6) is 0 Å². The van der Waals surface area contributed by atoms with Crippen molar-refractivity contribution in [3.63, 3.8) is 0 Å². The van der Waals surface area contributed by atoms with Crippen LogP contribution < -0.4 is 5.32 Å². The molecule has 8 nitrogen and oxygen atoms in total. The molecule has 1 aliphatic heterocycles. The van der Waals surface area contributed by atoms with Crippen molar-refractivity contribution in [3.05, 3.63) is 0 Å². The molecule has 1 rings (SSSR count). The Morgan fingerprint density at radius 2 is 1.86 bits per heavy atom. The first-order chi connectivity index (χ1) is 9.65. The number of aliphatic hydroxyl groups is 5. The summed E-state index contributed by atoms with van der Waals surface area (Å²) in [5.74, 6) is -0.493. The van der Waals surface area contributed by atoms with Crippen molar-refractivity contribution in [3.8, 4) is 0 Å². The quantitative estimate of drug-likeness (QED) is 0.290. The van der Waals surface area contributed by atoms with Gasteiger partial charge < -0.3 is 30.3 Å². The maximum Gasteiger partial charge on any atom is 0.324 e. The van der Waals surface area contributed by atoms with Gasteiger partial charge in [0, 0.05) is 4.75 Å². The molecule has 0 spiro atoms. The molecule has 1 aliphatic rings. The maximum absolute atomic E-state index is 11.7. The lowest BCUT2D eigenvalue weighted by Crippen LogP contribution is -2.53. The van der Waals surface area contributed by atoms with E-state index in [-0.39, 0.29) is 0 Å². The molecule has 0 aromatic rings. The van der Waals surface area contributed by atoms with Crippen LogP contribution in [0.1, 0.15) is 13.8 Å². The summed E-state index contributed by atoms with van der Waals surface area (Å²) in [5, 5.41) is 49.7. The molecular formula is C12H23NO7S. The van der Waals surface area contributed by atoms with Crippen molar-refractivity contribution in [2.24, 2.45) is 0 Å². The smallest absolute Gasteiger partial charge is 0.324 e. The van der Waals surface area contributed by atoms with Crippen LogP contribution in [0, 0.1) is 0 Å². The van der Waals surface area contributed by atoms with Crippen LogP contribution in [0.4, 0.5) is 0 Å². The lowest BCUT2D eigenvalue weighted by atomic mass is 10.0. The monoisotopic (exact) mass is 325 g/mol. The molecule has 9 heteroatoms. The molecule has 21 heavy (non-hydrogen) atoms. The van der Waals surface area contributed by atoms with E-state index >= 15 is 0 Å². The molecule has 1 fully saturated rings. The number of esters is 1. The number of methoxy groups -OCH3 is 1. The summed E-state index contributed by atoms with van der Waals surface area (Å²) in [6, 6.07) is -0.681. The van der Waals surface area contributed by atoms with Crippen LogP contribution in [0.3, 0.4) is 0 Å². The van der Waals surface area contributed by atoms with Crippen LogP contribution >= 0.6 is 11.8 Å². The third kappa shape index (κ3) is 4.07. The number of aliphatic hydroxyl groups excluding tert-OH is 5. The van der Waals surface area contributed by atoms with Crippen molar-refractivity contribution < 1.29 is 35.1 Å². The third-order valence-corrected chi connectivity index (χ3v) is 5.00. The highest BCUT2D eigenvalue weighted by atomic mass is 32.2. The molecule has 0 radical (unpaired) electrons. The van der Waals surface area contributed by atoms with E-state index in [9.17, 15) is 25.2 Å². The molecular weight excluding hydrogens is 302 g/mol. The van der Waals surface area contributed by atoms with Crippen molar-refractivity contribution in [1.82, 2.24) is 5.32 Å². The van der Waals surface area contributed by atoms with Crippen molar-refractivity contribution in [2.75, 3.05) is 13.7 Å². The number of carbonyl (C=O) groups is 1. The summed E-state index contributed by atoms with van der Waals surface area (Å²) in [7, 11) is 1.25. The van der Waals surface area contributed by atoms with Gasteiger partial charge in [-0.15, -0.1) is 11.8 Å². The highest BCUT2D eigenvalue weighted by molar-refractivity contribution is 8.01. The van der Waals surface area contributed by atoms with E-state index in [1.807, 2.05) is 0 Å². The number of thioether (sulfide) groups is 1. The first kappa shape index (κ1) is 18.6. The summed E-state index contributed by atoms with van der Waals surface area (Å²) < 4.78 is 4.10. The maximum atomic E-state index is 11.7. The van der Waals surface area contributed by atoms with Crippen LogP contribution in [0.25, 0.3) is 0 Å². The van der Waals surface area contributed by atoms with Gasteiger partial charge in [0.1, 0.15) is 30.5 Å². The standard InChI is InChI=1S/C12H23NO7S/c1-12(2)9(11(19)20-3)13-10(21-12)8(18)7(17)6(16)5(15)4-14/h5-10,13-18H,4H2,1-3H3/t5-,6-,7-,8-,9+,10+/m1/s1. The number of nitrogens with one attached hydrogen (secondary N) is 1. The zero-order valence-electron chi connectivity index (χ0n) is 12.1. The third-order valence-electron chi connectivity index (χ3n) is 3.49. The summed E-state index contributed by atoms with van der Waals surface area (Å²) in [6.45, 7) is 2.82. The fourth-order valence-corrected chi connectivity index (χ4v) is 3.61. The Kier molecular flexibility index (Phi) is 6.41. The minimum atomic E-state index is -1.70. The Hall–Kier alpha value is -0.420. The molecule has 6 N–H and O–H groups in total. The second kappa shape index (κ2) is 7.23. The van der Waals surface area contributed by atoms with Gasteiger partial charge in [0.25, 0.3) is 0 Å². The predicted molar refractivity (Wildman–Crippen MR) is 75.5 cm³/mol. The Morgan fingerprint density at radius 1 is 1.29 bits per heavy atom. The Morgan fingerprint density at radius 3 is 2.33 bits per heavy atom. The summed E-state index contributed by atoms with van der Waals surface area (Å²) in [4.78, 5) is 11.7. The number of hydrogen-bond acceptors (Lipinski definition) is 9. The minimum absolute atomic E-state index is 0.493. The zero-order chi connectivity index (χ0) is 16.4. The second-order valence-electron chi connectivity index (χ2n) is 5.49. The van der Waals surface area contributed by atoms with E-state index in [0.29, 0.717) is 0 Å². The van der Waals surface area contributed by atoms with Gasteiger partial charge in [-0.05, 0) is 13.8 Å². The van der Waals surface area contributed by atoms with Gasteiger partial charge in [0.05, 0.1) is 19.1 Å². The molecule has 0 amide bonds. The van der Waals surface area contributed by atoms with E-state index in [1.54, 1.807) is 13.8 Å². The highest BCUT2D eigenvalue weighted by Gasteiger charge is 2.49. The summed E-state index contributed by atoms with van der Waals surface area (Å²) >= 11 is 1.22. The van der Waals surface area contributed by atoms with Crippen LogP contribution in [0.15, 0.2) is 0 Å². The van der Waals surface area contributed by atoms with Gasteiger partial charge >= 0.3 is 5.97 Å². The van der Waals surface area contributed by atoms with E-state index < -0.39 is 53.2 Å². The average Bonchev–Trinajstić information content (AvgIpc) is 2.78. The van der Waals surface area contributed by atoms with Crippen LogP contribution in [-0.2, 0) is 9.53 Å². The van der Waals surface area contributed by atoms with Crippen LogP contribution in [0.2, 0.25) is 0 Å². The molecule has 0 saturated carbocycles. The van der Waals surface area contributed by atoms with Gasteiger partial charge in [0.2, 0.25) is 0 Å². The molecule has 6 atom stereocenters. The molecule has 0 unspecified atom stereocenters. The Bertz CT molecular complexity index is 368. The number of hydrogen-bond donors (Lipinski definition) is 6. The largest absolute Gasteiger partial charge is 0.468 e. The molecule has 124 valence electrons. The van der Waals surface area contributed by atoms with E-state index in [2.05, 4.69) is 10.1 Å². The summed E-state index contributed by atoms with van der Waals surface area (Å²) in [5.41, 5.74) is 0. The minimum Gasteiger partial charge on any atom is -0.468 e. The first-order valence-corrected chi connectivity index (χ1v) is 7.38. The number of rotatable bonds is 6. The van der Waals surface area contributed by atoms with Gasteiger partial charge in [-0.1, -0.05) is 0 Å². The normalized spacial score (nSPS) is 30.5. The van der Waals surface area contributed by atoms with E-state index in [1.165, 1.54) is 18.9 Å². The van der Waals surface area contributed by atoms with Crippen molar-refractivity contribution in [2.45, 2.75) is 54.4 Å². The predicted octanol–water partition coefficient (Wildman–Crippen LogP) is -2.59. The molecule has 1 heterocycles. The van der Waals surface area contributed by atoms with Crippen molar-refractivity contribution in [1.29, 1.82) is 0 Å². The highest BCUT2D eigenvalue weighted by Crippen LogP contribution is 2.40. The molecule has 1 saturated heterocycles. The fraction of sp³-hybridized carbons (Fsp3) is 0.917. The SMILES string of the molecule is COC(=O)[C@@H]1N[C@H]([C@H](O)[C@H](O)[C@H](O)[C@H](O)CO)SC1(C)C. The van der Waals surface area contributed by atoms with Gasteiger partial charge in [0.15, 0.2) is 0 Å². The molecule has 0 aromatic heterocycles. The van der Waals surface area contributed by atoms with E-state index in [0.717, 1.165) is 0 Å². The van der Waals surface area contributed by atoms with Gasteiger partial charge in [-0.25, -0.2) is 0 Å². The molecule has 0 bridgehead atoms. The lowest BCUT2D eigenvalue weighted by Gasteiger charge is -2.29. The first-order valence-electron chi connectivity index (χ1n) is 6.50. The van der Waals surface area contributed by atoms with Crippen LogP contribution in [-0.4, -0.2) is 85.8 Å². The molecule has 0 aromatic carbocycles. The number of carbonyl (C=O) groups excluding carboxylic acids is 1. The van der Waals surface area contributed by atoms with Gasteiger partial charge in [-0.2, -0.15) is 0 Å². The van der Waals surface area contributed by atoms with Gasteiger partial charge in [-0.3, -0.25) is 10.1 Å². The fourth-order valence-electron chi connectivity index (χ4n) is 2.15. The topological polar surface area (TPSA) is 139 Å². The Balaban J connectivity index is 2.76. The molecule has 0 aliphatic carbocycles. The van der Waals surface area contributed by atoms with Crippen molar-refractivity contribution >= 4 is 17.7 Å².